The summed E-state index contributed by atoms with van der Waals surface area (Å²) in [5, 5.41) is 12.3. The molecule has 1 atom stereocenters. The minimum absolute atomic E-state index is 0.0547. The summed E-state index contributed by atoms with van der Waals surface area (Å²) in [6.45, 7) is 1.92. The van der Waals surface area contributed by atoms with Crippen molar-refractivity contribution in [1.82, 2.24) is 20.1 Å². The van der Waals surface area contributed by atoms with Gasteiger partial charge in [0.1, 0.15) is 0 Å². The summed E-state index contributed by atoms with van der Waals surface area (Å²) in [6.07, 6.45) is 7.43. The first kappa shape index (κ1) is 18.8. The molecular formula is C21H24N4O2S. The third kappa shape index (κ3) is 4.14. The average Bonchev–Trinajstić information content (AvgIpc) is 3.39. The first-order valence-corrected chi connectivity index (χ1v) is 10.6. The Kier molecular flexibility index (Phi) is 5.81. The van der Waals surface area contributed by atoms with Crippen molar-refractivity contribution >= 4 is 17.7 Å². The van der Waals surface area contributed by atoms with Gasteiger partial charge in [0.15, 0.2) is 10.9 Å². The second kappa shape index (κ2) is 8.65. The first-order valence-electron chi connectivity index (χ1n) is 9.74. The zero-order chi connectivity index (χ0) is 19.3. The number of amides is 1. The summed E-state index contributed by atoms with van der Waals surface area (Å²) in [6, 6.07) is 13.9. The molecule has 0 bridgehead atoms. The highest BCUT2D eigenvalue weighted by atomic mass is 32.2. The maximum atomic E-state index is 12.7. The molecule has 2 aromatic heterocycles. The van der Waals surface area contributed by atoms with E-state index in [-0.39, 0.29) is 11.2 Å². The number of furan rings is 1. The van der Waals surface area contributed by atoms with Crippen LogP contribution in [0.4, 0.5) is 0 Å². The lowest BCUT2D eigenvalue weighted by molar-refractivity contribution is -0.121. The molecule has 0 aliphatic heterocycles. The Labute approximate surface area is 168 Å². The maximum absolute atomic E-state index is 12.7. The van der Waals surface area contributed by atoms with Gasteiger partial charge in [-0.15, -0.1) is 10.2 Å². The van der Waals surface area contributed by atoms with Gasteiger partial charge in [0.25, 0.3) is 0 Å². The van der Waals surface area contributed by atoms with E-state index in [0.29, 0.717) is 22.8 Å². The molecule has 1 unspecified atom stereocenters. The van der Waals surface area contributed by atoms with Gasteiger partial charge in [-0.05, 0) is 44.0 Å². The molecule has 1 aliphatic carbocycles. The molecule has 6 nitrogen and oxygen atoms in total. The number of hydrogen-bond acceptors (Lipinski definition) is 5. The number of rotatable bonds is 6. The lowest BCUT2D eigenvalue weighted by atomic mass is 9.95. The number of para-hydroxylation sites is 1. The fourth-order valence-corrected chi connectivity index (χ4v) is 4.38. The Morgan fingerprint density at radius 3 is 2.64 bits per heavy atom. The molecule has 1 aliphatic rings. The average molecular weight is 397 g/mol. The lowest BCUT2D eigenvalue weighted by Gasteiger charge is -2.24. The van der Waals surface area contributed by atoms with Crippen LogP contribution in [0.2, 0.25) is 0 Å². The van der Waals surface area contributed by atoms with Crippen molar-refractivity contribution in [1.29, 1.82) is 0 Å². The summed E-state index contributed by atoms with van der Waals surface area (Å²) in [4.78, 5) is 12.7. The fraction of sp³-hybridized carbons (Fsp3) is 0.381. The minimum Gasteiger partial charge on any atom is -0.461 e. The van der Waals surface area contributed by atoms with Crippen molar-refractivity contribution in [2.75, 3.05) is 0 Å². The summed E-state index contributed by atoms with van der Waals surface area (Å²) in [5.74, 6) is 1.32. The molecule has 0 saturated heterocycles. The van der Waals surface area contributed by atoms with Gasteiger partial charge < -0.3 is 9.73 Å². The molecule has 7 heteroatoms. The molecule has 1 N–H and O–H groups in total. The Morgan fingerprint density at radius 1 is 1.14 bits per heavy atom. The van der Waals surface area contributed by atoms with E-state index in [4.69, 9.17) is 4.42 Å². The number of benzene rings is 1. The van der Waals surface area contributed by atoms with Crippen molar-refractivity contribution in [3.8, 4) is 17.3 Å². The normalized spacial score (nSPS) is 16.0. The standard InChI is InChI=1S/C21H24N4O2S/c1-15(20(26)22-16-9-4-2-5-10-16)28-21-24-23-19(18-13-8-14-27-18)25(21)17-11-6-3-7-12-17/h3,6-8,11-16H,2,4-5,9-10H2,1H3,(H,22,26). The van der Waals surface area contributed by atoms with E-state index < -0.39 is 0 Å². The number of thioether (sulfide) groups is 1. The highest BCUT2D eigenvalue weighted by Crippen LogP contribution is 2.30. The van der Waals surface area contributed by atoms with E-state index >= 15 is 0 Å². The number of nitrogens with one attached hydrogen (secondary N) is 1. The fourth-order valence-electron chi connectivity index (χ4n) is 3.50. The van der Waals surface area contributed by atoms with E-state index in [1.807, 2.05) is 54.0 Å². The van der Waals surface area contributed by atoms with Crippen LogP contribution < -0.4 is 5.32 Å². The van der Waals surface area contributed by atoms with Crippen molar-refractivity contribution < 1.29 is 9.21 Å². The predicted octanol–water partition coefficient (Wildman–Crippen LogP) is 4.46. The van der Waals surface area contributed by atoms with Gasteiger partial charge in [0, 0.05) is 11.7 Å². The first-order chi connectivity index (χ1) is 13.7. The van der Waals surface area contributed by atoms with E-state index in [2.05, 4.69) is 15.5 Å². The van der Waals surface area contributed by atoms with Crippen molar-refractivity contribution in [3.63, 3.8) is 0 Å². The molecule has 28 heavy (non-hydrogen) atoms. The van der Waals surface area contributed by atoms with Gasteiger partial charge in [0.05, 0.1) is 11.5 Å². The van der Waals surface area contributed by atoms with Crippen LogP contribution in [0.5, 0.6) is 0 Å². The second-order valence-corrected chi connectivity index (χ2v) is 8.37. The molecule has 1 saturated carbocycles. The van der Waals surface area contributed by atoms with E-state index in [1.165, 1.54) is 31.0 Å². The van der Waals surface area contributed by atoms with Crippen LogP contribution in [0.3, 0.4) is 0 Å². The van der Waals surface area contributed by atoms with Crippen LogP contribution in [0, 0.1) is 0 Å². The van der Waals surface area contributed by atoms with Crippen LogP contribution in [0.1, 0.15) is 39.0 Å². The summed E-state index contributed by atoms with van der Waals surface area (Å²) in [7, 11) is 0. The Hall–Kier alpha value is -2.54. The SMILES string of the molecule is CC(Sc1nnc(-c2ccco2)n1-c1ccccc1)C(=O)NC1CCCCC1. The molecule has 1 aromatic carbocycles. The lowest BCUT2D eigenvalue weighted by Crippen LogP contribution is -2.40. The van der Waals surface area contributed by atoms with E-state index in [9.17, 15) is 4.79 Å². The van der Waals surface area contributed by atoms with Crippen LogP contribution in [-0.4, -0.2) is 32.0 Å². The number of hydrogen-bond donors (Lipinski definition) is 1. The quantitative estimate of drug-likeness (QED) is 0.623. The van der Waals surface area contributed by atoms with E-state index in [0.717, 1.165) is 18.5 Å². The topological polar surface area (TPSA) is 73.0 Å². The third-order valence-corrected chi connectivity index (χ3v) is 6.03. The molecule has 0 radical (unpaired) electrons. The maximum Gasteiger partial charge on any atom is 0.233 e. The molecule has 4 rings (SSSR count). The number of carbonyl (C=O) groups excluding carboxylic acids is 1. The smallest absolute Gasteiger partial charge is 0.233 e. The van der Waals surface area contributed by atoms with Crippen LogP contribution in [0.25, 0.3) is 17.3 Å². The molecular weight excluding hydrogens is 372 g/mol. The monoisotopic (exact) mass is 396 g/mol. The predicted molar refractivity (Wildman–Crippen MR) is 109 cm³/mol. The summed E-state index contributed by atoms with van der Waals surface area (Å²) < 4.78 is 7.47. The van der Waals surface area contributed by atoms with Gasteiger partial charge in [-0.3, -0.25) is 9.36 Å². The largest absolute Gasteiger partial charge is 0.461 e. The molecule has 3 aromatic rings. The third-order valence-electron chi connectivity index (χ3n) is 4.99. The number of nitrogens with zero attached hydrogens (tertiary/aromatic N) is 3. The Morgan fingerprint density at radius 2 is 1.93 bits per heavy atom. The van der Waals surface area contributed by atoms with Crippen LogP contribution >= 0.6 is 11.8 Å². The van der Waals surface area contributed by atoms with Crippen molar-refractivity contribution in [2.24, 2.45) is 0 Å². The van der Waals surface area contributed by atoms with Crippen molar-refractivity contribution in [3.05, 3.63) is 48.7 Å². The van der Waals surface area contributed by atoms with Gasteiger partial charge in [0.2, 0.25) is 11.7 Å². The highest BCUT2D eigenvalue weighted by Gasteiger charge is 2.24. The Bertz CT molecular complexity index is 902. The molecule has 146 valence electrons. The van der Waals surface area contributed by atoms with Gasteiger partial charge in [-0.2, -0.15) is 0 Å². The molecule has 1 fully saturated rings. The second-order valence-electron chi connectivity index (χ2n) is 7.06. The van der Waals surface area contributed by atoms with E-state index in [1.54, 1.807) is 6.26 Å². The number of aromatic nitrogens is 3. The molecule has 1 amide bonds. The molecule has 2 heterocycles. The summed E-state index contributed by atoms with van der Waals surface area (Å²) in [5.41, 5.74) is 0.932. The highest BCUT2D eigenvalue weighted by molar-refractivity contribution is 8.00. The van der Waals surface area contributed by atoms with Crippen LogP contribution in [0.15, 0.2) is 58.3 Å². The Balaban J connectivity index is 1.56. The van der Waals surface area contributed by atoms with Gasteiger partial charge in [-0.1, -0.05) is 49.2 Å². The van der Waals surface area contributed by atoms with Crippen LogP contribution in [-0.2, 0) is 4.79 Å². The molecule has 0 spiro atoms. The zero-order valence-corrected chi connectivity index (χ0v) is 16.7. The summed E-state index contributed by atoms with van der Waals surface area (Å²) >= 11 is 1.42. The van der Waals surface area contributed by atoms with Gasteiger partial charge in [-0.25, -0.2) is 0 Å². The number of carbonyl (C=O) groups is 1. The van der Waals surface area contributed by atoms with Crippen molar-refractivity contribution in [2.45, 2.75) is 55.5 Å². The zero-order valence-electron chi connectivity index (χ0n) is 15.9. The minimum atomic E-state index is -0.266. The van der Waals surface area contributed by atoms with Gasteiger partial charge >= 0.3 is 0 Å².